The SMILES string of the molecule is CCCCCCCCCCCCCCCCCC[Si](CCCCC)(OC)OC. The third kappa shape index (κ3) is 17.0. The summed E-state index contributed by atoms with van der Waals surface area (Å²) in [5, 5.41) is 0. The molecule has 2 nitrogen and oxygen atoms in total. The molecule has 170 valence electrons. The van der Waals surface area contributed by atoms with Gasteiger partial charge < -0.3 is 8.85 Å². The summed E-state index contributed by atoms with van der Waals surface area (Å²) >= 11 is 0. The Balaban J connectivity index is 3.40. The molecule has 3 heteroatoms. The highest BCUT2D eigenvalue weighted by Gasteiger charge is 2.33. The van der Waals surface area contributed by atoms with Gasteiger partial charge in [0.05, 0.1) is 0 Å². The van der Waals surface area contributed by atoms with Gasteiger partial charge in [-0.15, -0.1) is 0 Å². The maximum absolute atomic E-state index is 5.87. The molecule has 28 heavy (non-hydrogen) atoms. The van der Waals surface area contributed by atoms with E-state index in [1.54, 1.807) is 0 Å². The van der Waals surface area contributed by atoms with Crippen LogP contribution in [0.2, 0.25) is 12.1 Å². The summed E-state index contributed by atoms with van der Waals surface area (Å²) in [5.74, 6) is 0. The molecule has 0 aliphatic carbocycles. The van der Waals surface area contributed by atoms with Crippen LogP contribution in [-0.2, 0) is 8.85 Å². The molecule has 0 aliphatic rings. The summed E-state index contributed by atoms with van der Waals surface area (Å²) in [6.07, 6.45) is 26.7. The molecule has 0 aromatic carbocycles. The molecule has 0 fully saturated rings. The van der Waals surface area contributed by atoms with Crippen molar-refractivity contribution in [2.45, 2.75) is 148 Å². The van der Waals surface area contributed by atoms with Gasteiger partial charge in [0.1, 0.15) is 0 Å². The first-order valence-corrected chi connectivity index (χ1v) is 15.1. The largest absolute Gasteiger partial charge is 0.398 e. The van der Waals surface area contributed by atoms with Crippen molar-refractivity contribution in [3.05, 3.63) is 0 Å². The van der Waals surface area contributed by atoms with E-state index < -0.39 is 8.56 Å². The van der Waals surface area contributed by atoms with Gasteiger partial charge in [0, 0.05) is 14.2 Å². The molecule has 0 radical (unpaired) electrons. The second kappa shape index (κ2) is 21.8. The molecule has 0 atom stereocenters. The van der Waals surface area contributed by atoms with E-state index in [0.29, 0.717) is 0 Å². The summed E-state index contributed by atoms with van der Waals surface area (Å²) in [6.45, 7) is 4.56. The molecule has 0 aliphatic heterocycles. The van der Waals surface area contributed by atoms with Crippen LogP contribution >= 0.6 is 0 Å². The minimum absolute atomic E-state index is 1.17. The molecule has 0 heterocycles. The molecule has 0 saturated carbocycles. The average molecular weight is 415 g/mol. The molecule has 0 unspecified atom stereocenters. The van der Waals surface area contributed by atoms with Crippen LogP contribution in [0.25, 0.3) is 0 Å². The Morgan fingerprint density at radius 3 is 0.964 bits per heavy atom. The first kappa shape index (κ1) is 28.1. The highest BCUT2D eigenvalue weighted by Crippen LogP contribution is 2.24. The third-order valence-corrected chi connectivity index (χ3v) is 10.0. The lowest BCUT2D eigenvalue weighted by atomic mass is 10.0. The Morgan fingerprint density at radius 2 is 0.643 bits per heavy atom. The molecule has 0 rings (SSSR count). The van der Waals surface area contributed by atoms with Crippen LogP contribution in [0.5, 0.6) is 0 Å². The number of hydrogen-bond acceptors (Lipinski definition) is 2. The van der Waals surface area contributed by atoms with Gasteiger partial charge in [-0.3, -0.25) is 0 Å². The van der Waals surface area contributed by atoms with Gasteiger partial charge >= 0.3 is 8.56 Å². The normalized spacial score (nSPS) is 12.0. The van der Waals surface area contributed by atoms with Crippen LogP contribution in [0.1, 0.15) is 136 Å². The molecule has 0 amide bonds. The topological polar surface area (TPSA) is 18.5 Å². The lowest BCUT2D eigenvalue weighted by molar-refractivity contribution is 0.238. The predicted octanol–water partition coefficient (Wildman–Crippen LogP) is 9.17. The molecule has 0 N–H and O–H groups in total. The van der Waals surface area contributed by atoms with Crippen molar-refractivity contribution in [3.8, 4) is 0 Å². The van der Waals surface area contributed by atoms with Gasteiger partial charge in [-0.25, -0.2) is 0 Å². The van der Waals surface area contributed by atoms with Crippen molar-refractivity contribution in [1.82, 2.24) is 0 Å². The number of hydrogen-bond donors (Lipinski definition) is 0. The van der Waals surface area contributed by atoms with Crippen molar-refractivity contribution in [1.29, 1.82) is 0 Å². The molecular formula is C25H54O2Si. The summed E-state index contributed by atoms with van der Waals surface area (Å²) < 4.78 is 11.7. The van der Waals surface area contributed by atoms with E-state index in [1.165, 1.54) is 134 Å². The lowest BCUT2D eigenvalue weighted by Crippen LogP contribution is -2.39. The van der Waals surface area contributed by atoms with E-state index in [2.05, 4.69) is 13.8 Å². The van der Waals surface area contributed by atoms with Crippen molar-refractivity contribution >= 4 is 8.56 Å². The van der Waals surface area contributed by atoms with Gasteiger partial charge in [0.2, 0.25) is 0 Å². The van der Waals surface area contributed by atoms with E-state index in [9.17, 15) is 0 Å². The van der Waals surface area contributed by atoms with Crippen LogP contribution in [-0.4, -0.2) is 22.8 Å². The maximum atomic E-state index is 5.87. The predicted molar refractivity (Wildman–Crippen MR) is 128 cm³/mol. The third-order valence-electron chi connectivity index (χ3n) is 6.32. The zero-order valence-corrected chi connectivity index (χ0v) is 21.2. The van der Waals surface area contributed by atoms with Crippen LogP contribution in [0.3, 0.4) is 0 Å². The number of rotatable bonds is 23. The van der Waals surface area contributed by atoms with Crippen molar-refractivity contribution in [2.24, 2.45) is 0 Å². The second-order valence-corrected chi connectivity index (χ2v) is 12.5. The molecular weight excluding hydrogens is 360 g/mol. The highest BCUT2D eigenvalue weighted by molar-refractivity contribution is 6.67. The Kier molecular flexibility index (Phi) is 21.9. The van der Waals surface area contributed by atoms with Gasteiger partial charge in [-0.05, 0) is 12.1 Å². The first-order valence-electron chi connectivity index (χ1n) is 12.8. The number of unbranched alkanes of at least 4 members (excludes halogenated alkanes) is 17. The van der Waals surface area contributed by atoms with E-state index in [0.717, 1.165) is 0 Å². The summed E-state index contributed by atoms with van der Waals surface area (Å²) in [5.41, 5.74) is 0. The van der Waals surface area contributed by atoms with Crippen LogP contribution in [0.4, 0.5) is 0 Å². The molecule has 0 aromatic heterocycles. The Labute approximate surface area is 179 Å². The summed E-state index contributed by atoms with van der Waals surface area (Å²) in [4.78, 5) is 0. The molecule has 0 saturated heterocycles. The molecule has 0 bridgehead atoms. The zero-order valence-electron chi connectivity index (χ0n) is 20.2. The second-order valence-electron chi connectivity index (χ2n) is 8.83. The smallest absolute Gasteiger partial charge is 0.337 e. The fourth-order valence-corrected chi connectivity index (χ4v) is 7.01. The van der Waals surface area contributed by atoms with Crippen molar-refractivity contribution in [3.63, 3.8) is 0 Å². The van der Waals surface area contributed by atoms with E-state index in [-0.39, 0.29) is 0 Å². The van der Waals surface area contributed by atoms with Crippen molar-refractivity contribution in [2.75, 3.05) is 14.2 Å². The van der Waals surface area contributed by atoms with Crippen LogP contribution in [0, 0.1) is 0 Å². The van der Waals surface area contributed by atoms with Gasteiger partial charge in [0.25, 0.3) is 0 Å². The highest BCUT2D eigenvalue weighted by atomic mass is 28.4. The lowest BCUT2D eigenvalue weighted by Gasteiger charge is -2.27. The fourth-order valence-electron chi connectivity index (χ4n) is 4.20. The van der Waals surface area contributed by atoms with E-state index >= 15 is 0 Å². The monoisotopic (exact) mass is 414 g/mol. The van der Waals surface area contributed by atoms with E-state index in [4.69, 9.17) is 8.85 Å². The summed E-state index contributed by atoms with van der Waals surface area (Å²) in [7, 11) is 1.85. The van der Waals surface area contributed by atoms with E-state index in [1.807, 2.05) is 14.2 Å². The van der Waals surface area contributed by atoms with Crippen molar-refractivity contribution < 1.29 is 8.85 Å². The quantitative estimate of drug-likeness (QED) is 0.122. The van der Waals surface area contributed by atoms with Crippen LogP contribution in [0.15, 0.2) is 0 Å². The van der Waals surface area contributed by atoms with Gasteiger partial charge in [-0.2, -0.15) is 0 Å². The molecule has 0 spiro atoms. The maximum Gasteiger partial charge on any atom is 0.337 e. The Hall–Kier alpha value is 0.137. The molecule has 0 aromatic rings. The fraction of sp³-hybridized carbons (Fsp3) is 1.00. The average Bonchev–Trinajstić information content (AvgIpc) is 2.72. The first-order chi connectivity index (χ1) is 13.7. The Morgan fingerprint density at radius 1 is 0.393 bits per heavy atom. The Bertz CT molecular complexity index is 292. The zero-order chi connectivity index (χ0) is 20.8. The van der Waals surface area contributed by atoms with Gasteiger partial charge in [0.15, 0.2) is 0 Å². The minimum Gasteiger partial charge on any atom is -0.398 e. The standard InChI is InChI=1S/C25H54O2Si/c1-5-7-9-10-11-12-13-14-15-16-17-18-19-20-21-23-25-28(26-3,27-4)24-22-8-6-2/h5-25H2,1-4H3. The van der Waals surface area contributed by atoms with Gasteiger partial charge in [-0.1, -0.05) is 136 Å². The minimum atomic E-state index is -1.89. The van der Waals surface area contributed by atoms with Crippen LogP contribution < -0.4 is 0 Å². The summed E-state index contributed by atoms with van der Waals surface area (Å²) in [6, 6.07) is 2.36.